The number of amides is 1. The van der Waals surface area contributed by atoms with Crippen LogP contribution in [0, 0.1) is 11.3 Å². The van der Waals surface area contributed by atoms with Crippen LogP contribution in [0.5, 0.6) is 0 Å². The maximum atomic E-state index is 10.7. The molecular weight excluding hydrogens is 128 g/mol. The summed E-state index contributed by atoms with van der Waals surface area (Å²) in [6, 6.07) is 1.85. The van der Waals surface area contributed by atoms with Gasteiger partial charge >= 0.3 is 0 Å². The first-order chi connectivity index (χ1) is 4.66. The monoisotopic (exact) mass is 138 g/mol. The van der Waals surface area contributed by atoms with Gasteiger partial charge in [-0.2, -0.15) is 5.26 Å². The Labute approximate surface area is 60.3 Å². The Morgan fingerprint density at radius 1 is 1.70 bits per heavy atom. The minimum atomic E-state index is -0.225. The first-order valence-corrected chi connectivity index (χ1v) is 3.03. The summed E-state index contributed by atoms with van der Waals surface area (Å²) in [7, 11) is 0. The van der Waals surface area contributed by atoms with Crippen LogP contribution in [0.3, 0.4) is 0 Å². The van der Waals surface area contributed by atoms with Crippen molar-refractivity contribution in [2.75, 3.05) is 0 Å². The van der Waals surface area contributed by atoms with E-state index < -0.39 is 0 Å². The van der Waals surface area contributed by atoms with Crippen molar-refractivity contribution in [2.45, 2.75) is 19.9 Å². The molecule has 0 saturated heterocycles. The first-order valence-electron chi connectivity index (χ1n) is 3.03. The number of allylic oxidation sites excluding steroid dienone is 1. The Morgan fingerprint density at radius 3 is 2.70 bits per heavy atom. The predicted octanol–water partition coefficient (Wildman–Crippen LogP) is 0.591. The van der Waals surface area contributed by atoms with E-state index in [0.29, 0.717) is 0 Å². The summed E-state index contributed by atoms with van der Waals surface area (Å²) in [6.45, 7) is 3.72. The Bertz CT molecular complexity index is 177. The SMILES string of the molecule is CC(C)NC(=O)C=CC#N. The number of carbonyl (C=O) groups excluding carboxylic acids is 1. The van der Waals surface area contributed by atoms with Crippen molar-refractivity contribution in [2.24, 2.45) is 0 Å². The fourth-order valence-corrected chi connectivity index (χ4v) is 0.446. The lowest BCUT2D eigenvalue weighted by Gasteiger charge is -2.02. The second-order valence-corrected chi connectivity index (χ2v) is 2.13. The minimum absolute atomic E-state index is 0.121. The number of nitriles is 1. The standard InChI is InChI=1S/C7H10N2O/c1-6(2)9-7(10)4-3-5-8/h3-4,6H,1-2H3,(H,9,10). The van der Waals surface area contributed by atoms with Gasteiger partial charge in [-0.3, -0.25) is 4.79 Å². The van der Waals surface area contributed by atoms with Crippen LogP contribution in [0.25, 0.3) is 0 Å². The van der Waals surface area contributed by atoms with Gasteiger partial charge in [-0.25, -0.2) is 0 Å². The molecule has 0 fully saturated rings. The molecule has 0 rings (SSSR count). The molecule has 0 atom stereocenters. The van der Waals surface area contributed by atoms with Gasteiger partial charge in [0, 0.05) is 18.2 Å². The van der Waals surface area contributed by atoms with E-state index in [0.717, 1.165) is 6.08 Å². The van der Waals surface area contributed by atoms with Crippen molar-refractivity contribution in [3.8, 4) is 6.07 Å². The van der Waals surface area contributed by atoms with Crippen LogP contribution in [0.2, 0.25) is 0 Å². The average molecular weight is 138 g/mol. The maximum Gasteiger partial charge on any atom is 0.244 e. The van der Waals surface area contributed by atoms with E-state index in [1.165, 1.54) is 6.08 Å². The summed E-state index contributed by atoms with van der Waals surface area (Å²) >= 11 is 0. The lowest BCUT2D eigenvalue weighted by molar-refractivity contribution is -0.116. The molecule has 1 amide bonds. The third kappa shape index (κ3) is 4.85. The second kappa shape index (κ2) is 4.57. The Morgan fingerprint density at radius 2 is 2.30 bits per heavy atom. The lowest BCUT2D eigenvalue weighted by Crippen LogP contribution is -2.28. The number of rotatable bonds is 2. The third-order valence-electron chi connectivity index (χ3n) is 0.740. The molecule has 0 aromatic heterocycles. The summed E-state index contributed by atoms with van der Waals surface area (Å²) < 4.78 is 0. The smallest absolute Gasteiger partial charge is 0.244 e. The molecule has 0 aromatic carbocycles. The van der Waals surface area contributed by atoms with Crippen LogP contribution in [0.1, 0.15) is 13.8 Å². The fourth-order valence-electron chi connectivity index (χ4n) is 0.446. The highest BCUT2D eigenvalue weighted by Gasteiger charge is 1.95. The van der Waals surface area contributed by atoms with E-state index in [9.17, 15) is 4.79 Å². The largest absolute Gasteiger partial charge is 0.350 e. The van der Waals surface area contributed by atoms with Gasteiger partial charge in [0.1, 0.15) is 0 Å². The molecule has 0 aliphatic carbocycles. The summed E-state index contributed by atoms with van der Waals surface area (Å²) in [4.78, 5) is 10.7. The zero-order valence-electron chi connectivity index (χ0n) is 6.09. The summed E-state index contributed by atoms with van der Waals surface area (Å²) in [5.74, 6) is -0.225. The second-order valence-electron chi connectivity index (χ2n) is 2.13. The van der Waals surface area contributed by atoms with E-state index in [2.05, 4.69) is 5.32 Å². The summed E-state index contributed by atoms with van der Waals surface area (Å²) in [5.41, 5.74) is 0. The van der Waals surface area contributed by atoms with Gasteiger partial charge in [0.2, 0.25) is 5.91 Å². The molecule has 3 heteroatoms. The Hall–Kier alpha value is -1.30. The molecule has 0 aliphatic rings. The van der Waals surface area contributed by atoms with Gasteiger partial charge in [-0.05, 0) is 13.8 Å². The maximum absolute atomic E-state index is 10.7. The van der Waals surface area contributed by atoms with Gasteiger partial charge in [0.25, 0.3) is 0 Å². The minimum Gasteiger partial charge on any atom is -0.350 e. The molecule has 0 aromatic rings. The molecule has 0 heterocycles. The summed E-state index contributed by atoms with van der Waals surface area (Å²) in [5, 5.41) is 10.6. The quantitative estimate of drug-likeness (QED) is 0.448. The predicted molar refractivity (Wildman–Crippen MR) is 38.0 cm³/mol. The van der Waals surface area contributed by atoms with Crippen molar-refractivity contribution < 1.29 is 4.79 Å². The van der Waals surface area contributed by atoms with Gasteiger partial charge in [-0.15, -0.1) is 0 Å². The van der Waals surface area contributed by atoms with Crippen LogP contribution >= 0.6 is 0 Å². The number of hydrogen-bond acceptors (Lipinski definition) is 2. The van der Waals surface area contributed by atoms with Crippen molar-refractivity contribution in [1.29, 1.82) is 5.26 Å². The topological polar surface area (TPSA) is 52.9 Å². The molecule has 1 N–H and O–H groups in total. The lowest BCUT2D eigenvalue weighted by atomic mass is 10.4. The highest BCUT2D eigenvalue weighted by Crippen LogP contribution is 1.77. The zero-order valence-corrected chi connectivity index (χ0v) is 6.09. The molecular formula is C7H10N2O. The van der Waals surface area contributed by atoms with Crippen molar-refractivity contribution >= 4 is 5.91 Å². The highest BCUT2D eigenvalue weighted by atomic mass is 16.1. The number of nitrogens with one attached hydrogen (secondary N) is 1. The van der Waals surface area contributed by atoms with Crippen LogP contribution in [-0.2, 0) is 4.79 Å². The van der Waals surface area contributed by atoms with Crippen LogP contribution < -0.4 is 5.32 Å². The number of hydrogen-bond donors (Lipinski definition) is 1. The molecule has 54 valence electrons. The molecule has 0 saturated carbocycles. The first kappa shape index (κ1) is 8.70. The Kier molecular flexibility index (Phi) is 3.97. The van der Waals surface area contributed by atoms with Crippen LogP contribution in [-0.4, -0.2) is 11.9 Å². The Balaban J connectivity index is 3.67. The van der Waals surface area contributed by atoms with Crippen molar-refractivity contribution in [1.82, 2.24) is 5.32 Å². The molecule has 3 nitrogen and oxygen atoms in total. The van der Waals surface area contributed by atoms with Gasteiger partial charge in [0.05, 0.1) is 6.07 Å². The fraction of sp³-hybridized carbons (Fsp3) is 0.429. The molecule has 0 aliphatic heterocycles. The van der Waals surface area contributed by atoms with Crippen LogP contribution in [0.4, 0.5) is 0 Å². The van der Waals surface area contributed by atoms with Gasteiger partial charge < -0.3 is 5.32 Å². The molecule has 0 radical (unpaired) electrons. The van der Waals surface area contributed by atoms with E-state index in [1.807, 2.05) is 13.8 Å². The molecule has 0 spiro atoms. The zero-order chi connectivity index (χ0) is 7.98. The molecule has 0 unspecified atom stereocenters. The molecule has 10 heavy (non-hydrogen) atoms. The van der Waals surface area contributed by atoms with E-state index in [4.69, 9.17) is 5.26 Å². The summed E-state index contributed by atoms with van der Waals surface area (Å²) in [6.07, 6.45) is 2.36. The van der Waals surface area contributed by atoms with Crippen molar-refractivity contribution in [3.63, 3.8) is 0 Å². The van der Waals surface area contributed by atoms with Gasteiger partial charge in [0.15, 0.2) is 0 Å². The van der Waals surface area contributed by atoms with E-state index in [-0.39, 0.29) is 11.9 Å². The van der Waals surface area contributed by atoms with E-state index >= 15 is 0 Å². The van der Waals surface area contributed by atoms with Crippen LogP contribution in [0.15, 0.2) is 12.2 Å². The van der Waals surface area contributed by atoms with Gasteiger partial charge in [-0.1, -0.05) is 0 Å². The van der Waals surface area contributed by atoms with E-state index in [1.54, 1.807) is 6.07 Å². The normalized spacial score (nSPS) is 9.80. The van der Waals surface area contributed by atoms with Crippen molar-refractivity contribution in [3.05, 3.63) is 12.2 Å². The highest BCUT2D eigenvalue weighted by molar-refractivity contribution is 5.87. The molecule has 0 bridgehead atoms. The number of carbonyl (C=O) groups is 1. The average Bonchev–Trinajstić information content (AvgIpc) is 1.82. The third-order valence-corrected chi connectivity index (χ3v) is 0.740. The number of nitrogens with zero attached hydrogens (tertiary/aromatic N) is 1.